The summed E-state index contributed by atoms with van der Waals surface area (Å²) in [6.45, 7) is 1.19. The number of nitrogens with zero attached hydrogens (tertiary/aromatic N) is 2. The van der Waals surface area contributed by atoms with E-state index in [0.717, 1.165) is 4.90 Å². The number of alkyl halides is 3. The molecule has 1 aromatic heterocycles. The molecule has 0 aliphatic carbocycles. The van der Waals surface area contributed by atoms with Crippen LogP contribution in [0, 0.1) is 6.92 Å². The van der Waals surface area contributed by atoms with Gasteiger partial charge in [-0.25, -0.2) is 8.78 Å². The molecule has 1 amide bonds. The number of aryl methyl sites for hydroxylation is 1. The first kappa shape index (κ1) is 13.1. The molecule has 1 aromatic rings. The molecule has 0 bridgehead atoms. The summed E-state index contributed by atoms with van der Waals surface area (Å²) in [5.41, 5.74) is 0.224. The van der Waals surface area contributed by atoms with Gasteiger partial charge in [-0.05, 0) is 6.92 Å². The highest BCUT2D eigenvalue weighted by atomic mass is 79.9. The summed E-state index contributed by atoms with van der Waals surface area (Å²) < 4.78 is 29.2. The van der Waals surface area contributed by atoms with E-state index in [9.17, 15) is 13.6 Å². The average molecular weight is 297 g/mol. The Morgan fingerprint density at radius 3 is 2.81 bits per heavy atom. The number of carbonyl (C=O) groups excluding carboxylic acids is 1. The maximum absolute atomic E-state index is 12.3. The van der Waals surface area contributed by atoms with Crippen LogP contribution in [0.4, 0.5) is 8.78 Å². The van der Waals surface area contributed by atoms with Gasteiger partial charge in [0, 0.05) is 11.9 Å². The molecule has 0 N–H and O–H groups in total. The van der Waals surface area contributed by atoms with Crippen LogP contribution in [-0.2, 0) is 0 Å². The summed E-state index contributed by atoms with van der Waals surface area (Å²) in [7, 11) is 0. The van der Waals surface area contributed by atoms with Crippen molar-refractivity contribution in [2.24, 2.45) is 0 Å². The minimum absolute atomic E-state index is 0.216. The molecule has 0 unspecified atom stereocenters. The molecule has 0 saturated heterocycles. The van der Waals surface area contributed by atoms with Gasteiger partial charge in [-0.1, -0.05) is 21.1 Å². The van der Waals surface area contributed by atoms with Crippen molar-refractivity contribution in [3.8, 4) is 0 Å². The molecule has 4 nitrogen and oxygen atoms in total. The van der Waals surface area contributed by atoms with E-state index in [4.69, 9.17) is 4.52 Å². The summed E-state index contributed by atoms with van der Waals surface area (Å²) >= 11 is 3.11. The van der Waals surface area contributed by atoms with Crippen molar-refractivity contribution < 1.29 is 18.1 Å². The minimum atomic E-state index is -2.55. The van der Waals surface area contributed by atoms with Gasteiger partial charge in [-0.3, -0.25) is 4.79 Å². The number of hydrogen-bond acceptors (Lipinski definition) is 3. The van der Waals surface area contributed by atoms with E-state index in [0.29, 0.717) is 11.1 Å². The maximum atomic E-state index is 12.3. The van der Waals surface area contributed by atoms with Crippen LogP contribution < -0.4 is 0 Å². The van der Waals surface area contributed by atoms with Crippen LogP contribution in [0.15, 0.2) is 10.7 Å². The van der Waals surface area contributed by atoms with Crippen LogP contribution in [-0.4, -0.2) is 40.8 Å². The first-order valence-electron chi connectivity index (χ1n) is 4.61. The second-order valence-electron chi connectivity index (χ2n) is 3.13. The lowest BCUT2D eigenvalue weighted by atomic mass is 10.2. The number of aromatic nitrogens is 1. The van der Waals surface area contributed by atoms with E-state index in [1.54, 1.807) is 6.92 Å². The highest BCUT2D eigenvalue weighted by Crippen LogP contribution is 2.11. The molecule has 1 rings (SSSR count). The van der Waals surface area contributed by atoms with Crippen LogP contribution >= 0.6 is 15.9 Å². The lowest BCUT2D eigenvalue weighted by molar-refractivity contribution is 0.0571. The Bertz CT molecular complexity index is 357. The maximum Gasteiger partial charge on any atom is 0.259 e. The summed E-state index contributed by atoms with van der Waals surface area (Å²) in [6, 6.07) is 0. The average Bonchev–Trinajstić information content (AvgIpc) is 2.62. The molecule has 0 radical (unpaired) electrons. The third-order valence-electron chi connectivity index (χ3n) is 1.98. The van der Waals surface area contributed by atoms with Crippen molar-refractivity contribution in [1.29, 1.82) is 0 Å². The Labute approximate surface area is 99.7 Å². The van der Waals surface area contributed by atoms with Gasteiger partial charge in [0.05, 0.1) is 12.7 Å². The second-order valence-corrected chi connectivity index (χ2v) is 3.92. The van der Waals surface area contributed by atoms with Gasteiger partial charge >= 0.3 is 0 Å². The van der Waals surface area contributed by atoms with E-state index >= 15 is 0 Å². The number of rotatable bonds is 5. The Morgan fingerprint density at radius 2 is 2.38 bits per heavy atom. The predicted octanol–water partition coefficient (Wildman–Crippen LogP) is 2.09. The lowest BCUT2D eigenvalue weighted by Crippen LogP contribution is -2.36. The monoisotopic (exact) mass is 296 g/mol. The topological polar surface area (TPSA) is 46.3 Å². The molecule has 0 spiro atoms. The Balaban J connectivity index is 2.78. The molecule has 0 aromatic carbocycles. The summed E-state index contributed by atoms with van der Waals surface area (Å²) in [5, 5.41) is 3.88. The van der Waals surface area contributed by atoms with Crippen molar-refractivity contribution in [3.63, 3.8) is 0 Å². The Kier molecular flexibility index (Phi) is 4.85. The van der Waals surface area contributed by atoms with E-state index in [1.165, 1.54) is 6.20 Å². The normalized spacial score (nSPS) is 10.8. The molecule has 16 heavy (non-hydrogen) atoms. The molecule has 0 saturated carbocycles. The van der Waals surface area contributed by atoms with Crippen molar-refractivity contribution in [2.45, 2.75) is 13.3 Å². The molecule has 0 atom stereocenters. The van der Waals surface area contributed by atoms with E-state index < -0.39 is 18.9 Å². The predicted molar refractivity (Wildman–Crippen MR) is 56.9 cm³/mol. The second kappa shape index (κ2) is 5.93. The van der Waals surface area contributed by atoms with E-state index in [1.807, 2.05) is 0 Å². The molecule has 90 valence electrons. The summed E-state index contributed by atoms with van der Waals surface area (Å²) in [6.07, 6.45) is -1.31. The number of halogens is 3. The van der Waals surface area contributed by atoms with Crippen molar-refractivity contribution in [3.05, 3.63) is 17.5 Å². The van der Waals surface area contributed by atoms with Gasteiger partial charge in [-0.2, -0.15) is 0 Å². The third kappa shape index (κ3) is 3.26. The van der Waals surface area contributed by atoms with Crippen LogP contribution in [0.2, 0.25) is 0 Å². The minimum Gasteiger partial charge on any atom is -0.361 e. The molecule has 0 aliphatic rings. The van der Waals surface area contributed by atoms with Gasteiger partial charge in [-0.15, -0.1) is 0 Å². The summed E-state index contributed by atoms with van der Waals surface area (Å²) in [4.78, 5) is 12.9. The van der Waals surface area contributed by atoms with E-state index in [-0.39, 0.29) is 12.1 Å². The zero-order chi connectivity index (χ0) is 12.1. The third-order valence-corrected chi connectivity index (χ3v) is 2.34. The first-order valence-corrected chi connectivity index (χ1v) is 5.73. The molecule has 0 fully saturated rings. The van der Waals surface area contributed by atoms with Gasteiger partial charge in [0.1, 0.15) is 11.3 Å². The molecule has 1 heterocycles. The van der Waals surface area contributed by atoms with Gasteiger partial charge in [0.15, 0.2) is 0 Å². The fourth-order valence-corrected chi connectivity index (χ4v) is 1.65. The zero-order valence-corrected chi connectivity index (χ0v) is 10.2. The Hall–Kier alpha value is -0.980. The smallest absolute Gasteiger partial charge is 0.259 e. The standard InChI is InChI=1S/C9H11BrF2N2O2/c1-6-7(4-13-16-6)9(15)14(3-2-10)5-8(11)12/h4,8H,2-3,5H2,1H3. The Morgan fingerprint density at radius 1 is 1.69 bits per heavy atom. The largest absolute Gasteiger partial charge is 0.361 e. The highest BCUT2D eigenvalue weighted by molar-refractivity contribution is 9.09. The molecular formula is C9H11BrF2N2O2. The first-order chi connectivity index (χ1) is 7.56. The SMILES string of the molecule is Cc1oncc1C(=O)N(CCBr)CC(F)F. The van der Waals surface area contributed by atoms with Crippen molar-refractivity contribution in [1.82, 2.24) is 10.1 Å². The zero-order valence-electron chi connectivity index (χ0n) is 8.62. The van der Waals surface area contributed by atoms with Crippen LogP contribution in [0.5, 0.6) is 0 Å². The number of hydrogen-bond donors (Lipinski definition) is 0. The number of amides is 1. The molecule has 0 aliphatic heterocycles. The van der Waals surface area contributed by atoms with Crippen LogP contribution in [0.25, 0.3) is 0 Å². The fourth-order valence-electron chi connectivity index (χ4n) is 1.22. The van der Waals surface area contributed by atoms with Crippen molar-refractivity contribution >= 4 is 21.8 Å². The fraction of sp³-hybridized carbons (Fsp3) is 0.556. The van der Waals surface area contributed by atoms with Gasteiger partial charge in [0.25, 0.3) is 12.3 Å². The van der Waals surface area contributed by atoms with Crippen LogP contribution in [0.1, 0.15) is 16.1 Å². The quantitative estimate of drug-likeness (QED) is 0.782. The van der Waals surface area contributed by atoms with Crippen molar-refractivity contribution in [2.75, 3.05) is 18.4 Å². The van der Waals surface area contributed by atoms with Crippen LogP contribution in [0.3, 0.4) is 0 Å². The van der Waals surface area contributed by atoms with Gasteiger partial charge < -0.3 is 9.42 Å². The lowest BCUT2D eigenvalue weighted by Gasteiger charge is -2.20. The van der Waals surface area contributed by atoms with E-state index in [2.05, 4.69) is 21.1 Å². The molecule has 7 heteroatoms. The highest BCUT2D eigenvalue weighted by Gasteiger charge is 2.22. The molecular weight excluding hydrogens is 286 g/mol. The summed E-state index contributed by atoms with van der Waals surface area (Å²) in [5.74, 6) is -0.155. The van der Waals surface area contributed by atoms with Gasteiger partial charge in [0.2, 0.25) is 0 Å². The number of carbonyl (C=O) groups is 1.